The highest BCUT2D eigenvalue weighted by Gasteiger charge is 2.30. The van der Waals surface area contributed by atoms with Gasteiger partial charge in [0.1, 0.15) is 0 Å². The second-order valence-electron chi connectivity index (χ2n) is 5.90. The fourth-order valence-corrected chi connectivity index (χ4v) is 1.69. The van der Waals surface area contributed by atoms with Crippen LogP contribution in [0.4, 0.5) is 0 Å². The van der Waals surface area contributed by atoms with Gasteiger partial charge in [-0.05, 0) is 40.0 Å². The van der Waals surface area contributed by atoms with Crippen molar-refractivity contribution in [1.29, 1.82) is 0 Å². The molecule has 0 aromatic heterocycles. The molecule has 0 bridgehead atoms. The Hall–Kier alpha value is -0.120. The van der Waals surface area contributed by atoms with Crippen molar-refractivity contribution in [1.82, 2.24) is 0 Å². The monoisotopic (exact) mass is 230 g/mol. The van der Waals surface area contributed by atoms with E-state index in [0.29, 0.717) is 5.92 Å². The average molecular weight is 230 g/mol. The Morgan fingerprint density at radius 3 is 2.31 bits per heavy atom. The third-order valence-corrected chi connectivity index (χ3v) is 2.79. The molecule has 0 amide bonds. The third kappa shape index (κ3) is 5.28. The first kappa shape index (κ1) is 13.9. The van der Waals surface area contributed by atoms with Gasteiger partial charge in [0, 0.05) is 13.0 Å². The van der Waals surface area contributed by atoms with E-state index in [0.717, 1.165) is 32.7 Å². The minimum Gasteiger partial charge on any atom is -0.376 e. The molecule has 1 fully saturated rings. The smallest absolute Gasteiger partial charge is 0.165 e. The summed E-state index contributed by atoms with van der Waals surface area (Å²) in [4.78, 5) is 0. The Balaban J connectivity index is 2.17. The molecule has 1 aliphatic heterocycles. The zero-order valence-electron chi connectivity index (χ0n) is 11.3. The lowest BCUT2D eigenvalue weighted by atomic mass is 10.0. The average Bonchev–Trinajstić information content (AvgIpc) is 2.59. The standard InChI is InChI=1S/C13H26O3/c1-11(10-16-12(2,3)4)6-7-13(5)14-8-9-15-13/h11H,6-10H2,1-5H3. The van der Waals surface area contributed by atoms with E-state index >= 15 is 0 Å². The molecule has 1 unspecified atom stereocenters. The Bertz CT molecular complexity index is 202. The van der Waals surface area contributed by atoms with Crippen LogP contribution < -0.4 is 0 Å². The lowest BCUT2D eigenvalue weighted by molar-refractivity contribution is -0.150. The van der Waals surface area contributed by atoms with Crippen molar-refractivity contribution in [3.8, 4) is 0 Å². The molecule has 1 saturated heterocycles. The largest absolute Gasteiger partial charge is 0.376 e. The van der Waals surface area contributed by atoms with Crippen LogP contribution in [0.3, 0.4) is 0 Å². The summed E-state index contributed by atoms with van der Waals surface area (Å²) in [6.07, 6.45) is 2.02. The maximum Gasteiger partial charge on any atom is 0.165 e. The lowest BCUT2D eigenvalue weighted by Gasteiger charge is -2.26. The van der Waals surface area contributed by atoms with Gasteiger partial charge in [0.25, 0.3) is 0 Å². The van der Waals surface area contributed by atoms with Crippen LogP contribution in [-0.4, -0.2) is 31.2 Å². The first-order chi connectivity index (χ1) is 7.31. The highest BCUT2D eigenvalue weighted by molar-refractivity contribution is 4.70. The Labute approximate surface area is 99.5 Å². The van der Waals surface area contributed by atoms with Crippen LogP contribution in [0.25, 0.3) is 0 Å². The number of rotatable bonds is 5. The predicted molar refractivity (Wildman–Crippen MR) is 64.4 cm³/mol. The van der Waals surface area contributed by atoms with E-state index in [1.54, 1.807) is 0 Å². The maximum absolute atomic E-state index is 5.76. The second kappa shape index (κ2) is 5.48. The van der Waals surface area contributed by atoms with Gasteiger partial charge in [0.2, 0.25) is 0 Å². The summed E-state index contributed by atoms with van der Waals surface area (Å²) in [6, 6.07) is 0. The fourth-order valence-electron chi connectivity index (χ4n) is 1.69. The minimum absolute atomic E-state index is 0.0431. The van der Waals surface area contributed by atoms with Gasteiger partial charge in [0.05, 0.1) is 18.8 Å². The van der Waals surface area contributed by atoms with Crippen molar-refractivity contribution in [3.05, 3.63) is 0 Å². The second-order valence-corrected chi connectivity index (χ2v) is 5.90. The van der Waals surface area contributed by atoms with E-state index < -0.39 is 0 Å². The summed E-state index contributed by atoms with van der Waals surface area (Å²) in [5.41, 5.74) is -0.0431. The van der Waals surface area contributed by atoms with E-state index in [4.69, 9.17) is 14.2 Å². The summed E-state index contributed by atoms with van der Waals surface area (Å²) in [5.74, 6) is 0.194. The number of ether oxygens (including phenoxy) is 3. The van der Waals surface area contributed by atoms with Crippen LogP contribution in [-0.2, 0) is 14.2 Å². The van der Waals surface area contributed by atoms with E-state index in [-0.39, 0.29) is 11.4 Å². The van der Waals surface area contributed by atoms with Crippen molar-refractivity contribution in [2.75, 3.05) is 19.8 Å². The molecule has 0 spiro atoms. The van der Waals surface area contributed by atoms with Crippen molar-refractivity contribution in [2.45, 2.75) is 58.8 Å². The molecular weight excluding hydrogens is 204 g/mol. The molecule has 0 aromatic carbocycles. The van der Waals surface area contributed by atoms with Gasteiger partial charge in [-0.1, -0.05) is 6.92 Å². The third-order valence-electron chi connectivity index (χ3n) is 2.79. The predicted octanol–water partition coefficient (Wildman–Crippen LogP) is 2.98. The van der Waals surface area contributed by atoms with Crippen molar-refractivity contribution >= 4 is 0 Å². The summed E-state index contributed by atoms with van der Waals surface area (Å²) in [5, 5.41) is 0. The molecule has 3 heteroatoms. The highest BCUT2D eigenvalue weighted by Crippen LogP contribution is 2.26. The molecule has 16 heavy (non-hydrogen) atoms. The van der Waals surface area contributed by atoms with E-state index in [1.807, 2.05) is 6.92 Å². The van der Waals surface area contributed by atoms with Gasteiger partial charge in [-0.2, -0.15) is 0 Å². The molecule has 0 aliphatic carbocycles. The van der Waals surface area contributed by atoms with Crippen LogP contribution in [0.5, 0.6) is 0 Å². The molecule has 0 N–H and O–H groups in total. The van der Waals surface area contributed by atoms with Gasteiger partial charge < -0.3 is 14.2 Å². The minimum atomic E-state index is -0.351. The molecule has 96 valence electrons. The number of hydrogen-bond donors (Lipinski definition) is 0. The van der Waals surface area contributed by atoms with Crippen molar-refractivity contribution in [2.24, 2.45) is 5.92 Å². The molecule has 1 atom stereocenters. The topological polar surface area (TPSA) is 27.7 Å². The van der Waals surface area contributed by atoms with Gasteiger partial charge in [0.15, 0.2) is 5.79 Å². The summed E-state index contributed by atoms with van der Waals surface area (Å²) < 4.78 is 16.9. The lowest BCUT2D eigenvalue weighted by Crippen LogP contribution is -2.27. The Morgan fingerprint density at radius 2 is 1.81 bits per heavy atom. The molecule has 1 heterocycles. The highest BCUT2D eigenvalue weighted by atomic mass is 16.7. The maximum atomic E-state index is 5.76. The van der Waals surface area contributed by atoms with Gasteiger partial charge in [-0.15, -0.1) is 0 Å². The molecule has 3 nitrogen and oxygen atoms in total. The molecule has 0 radical (unpaired) electrons. The molecule has 0 aromatic rings. The summed E-state index contributed by atoms with van der Waals surface area (Å²) in [7, 11) is 0. The van der Waals surface area contributed by atoms with Crippen molar-refractivity contribution < 1.29 is 14.2 Å². The Kier molecular flexibility index (Phi) is 4.77. The SMILES string of the molecule is CC(CCC1(C)OCCO1)COC(C)(C)C. The quantitative estimate of drug-likeness (QED) is 0.726. The van der Waals surface area contributed by atoms with Crippen molar-refractivity contribution in [3.63, 3.8) is 0 Å². The van der Waals surface area contributed by atoms with Crippen LogP contribution in [0, 0.1) is 5.92 Å². The summed E-state index contributed by atoms with van der Waals surface area (Å²) >= 11 is 0. The van der Waals surface area contributed by atoms with Crippen LogP contribution in [0.15, 0.2) is 0 Å². The zero-order valence-corrected chi connectivity index (χ0v) is 11.3. The van der Waals surface area contributed by atoms with Gasteiger partial charge in [-0.3, -0.25) is 0 Å². The van der Waals surface area contributed by atoms with Gasteiger partial charge >= 0.3 is 0 Å². The van der Waals surface area contributed by atoms with E-state index in [9.17, 15) is 0 Å². The van der Waals surface area contributed by atoms with Gasteiger partial charge in [-0.25, -0.2) is 0 Å². The van der Waals surface area contributed by atoms with Crippen LogP contribution in [0.1, 0.15) is 47.5 Å². The first-order valence-corrected chi connectivity index (χ1v) is 6.23. The molecule has 1 aliphatic rings. The van der Waals surface area contributed by atoms with Crippen LogP contribution in [0.2, 0.25) is 0 Å². The van der Waals surface area contributed by atoms with Crippen LogP contribution >= 0.6 is 0 Å². The molecule has 0 saturated carbocycles. The molecule has 1 rings (SSSR count). The first-order valence-electron chi connectivity index (χ1n) is 6.23. The summed E-state index contributed by atoms with van der Waals surface area (Å²) in [6.45, 7) is 12.8. The number of hydrogen-bond acceptors (Lipinski definition) is 3. The van der Waals surface area contributed by atoms with E-state index in [1.165, 1.54) is 0 Å². The molecular formula is C13H26O3. The van der Waals surface area contributed by atoms with E-state index in [2.05, 4.69) is 27.7 Å². The zero-order chi connectivity index (χ0) is 12.2. The Morgan fingerprint density at radius 1 is 1.25 bits per heavy atom. The normalized spacial score (nSPS) is 22.3. The fraction of sp³-hybridized carbons (Fsp3) is 1.00.